The van der Waals surface area contributed by atoms with Crippen molar-refractivity contribution >= 4 is 22.7 Å². The van der Waals surface area contributed by atoms with E-state index in [4.69, 9.17) is 0 Å². The van der Waals surface area contributed by atoms with E-state index < -0.39 is 0 Å². The Hall–Kier alpha value is -5.28. The minimum Gasteiger partial charge on any atom is -0.363 e. The maximum absolute atomic E-state index is 3.60. The molecule has 0 fully saturated rings. The molecular weight excluding hydrogens is 522 g/mol. The van der Waals surface area contributed by atoms with Gasteiger partial charge < -0.3 is 15.1 Å². The highest BCUT2D eigenvalue weighted by Gasteiger charge is 2.11. The van der Waals surface area contributed by atoms with Gasteiger partial charge in [0, 0.05) is 48.9 Å². The van der Waals surface area contributed by atoms with Gasteiger partial charge in [-0.3, -0.25) is 0 Å². The largest absolute Gasteiger partial charge is 0.363 e. The van der Waals surface area contributed by atoms with Crippen LogP contribution in [-0.4, -0.2) is 0 Å². The molecular formula is C40H37N3. The molecule has 212 valence electrons. The van der Waals surface area contributed by atoms with Crippen LogP contribution in [0.5, 0.6) is 0 Å². The summed E-state index contributed by atoms with van der Waals surface area (Å²) in [5.41, 5.74) is 9.74. The molecule has 0 amide bonds. The van der Waals surface area contributed by atoms with Gasteiger partial charge in [0.15, 0.2) is 0 Å². The molecule has 3 nitrogen and oxygen atoms in total. The zero-order valence-corrected chi connectivity index (χ0v) is 24.4. The molecule has 43 heavy (non-hydrogen) atoms. The van der Waals surface area contributed by atoms with E-state index in [-0.39, 0.29) is 0 Å². The molecule has 0 spiro atoms. The molecule has 0 aliphatic heterocycles. The second-order valence-corrected chi connectivity index (χ2v) is 10.9. The number of anilines is 4. The van der Waals surface area contributed by atoms with Gasteiger partial charge in [-0.05, 0) is 70.8 Å². The van der Waals surface area contributed by atoms with Gasteiger partial charge in [0.05, 0.1) is 0 Å². The lowest BCUT2D eigenvalue weighted by Crippen LogP contribution is -2.22. The Balaban J connectivity index is 1.16. The zero-order valence-electron chi connectivity index (χ0n) is 24.4. The quantitative estimate of drug-likeness (QED) is 0.161. The summed E-state index contributed by atoms with van der Waals surface area (Å²) in [5.74, 6) is 0. The first-order valence-electron chi connectivity index (χ1n) is 14.9. The predicted molar refractivity (Wildman–Crippen MR) is 182 cm³/mol. The molecule has 0 aliphatic carbocycles. The number of hydrogen-bond acceptors (Lipinski definition) is 3. The molecule has 3 heteroatoms. The maximum atomic E-state index is 3.60. The first-order valence-corrected chi connectivity index (χ1v) is 14.9. The third kappa shape index (κ3) is 7.93. The van der Waals surface area contributed by atoms with Crippen molar-refractivity contribution in [1.82, 2.24) is 0 Å². The van der Waals surface area contributed by atoms with E-state index in [0.717, 1.165) is 37.6 Å². The van der Waals surface area contributed by atoms with E-state index in [1.807, 2.05) is 0 Å². The third-order valence-electron chi connectivity index (χ3n) is 7.62. The Morgan fingerprint density at radius 1 is 0.302 bits per heavy atom. The Labute approximate surface area is 255 Å². The summed E-state index contributed by atoms with van der Waals surface area (Å²) in [6.07, 6.45) is 0. The van der Waals surface area contributed by atoms with Gasteiger partial charge in [-0.1, -0.05) is 121 Å². The predicted octanol–water partition coefficient (Wildman–Crippen LogP) is 9.84. The molecule has 0 radical (unpaired) electrons. The summed E-state index contributed by atoms with van der Waals surface area (Å²) in [5, 5.41) is 3.60. The smallest absolute Gasteiger partial charge is 0.0433 e. The summed E-state index contributed by atoms with van der Waals surface area (Å²) < 4.78 is 0. The highest BCUT2D eigenvalue weighted by molar-refractivity contribution is 5.65. The van der Waals surface area contributed by atoms with Crippen LogP contribution >= 0.6 is 0 Å². The first kappa shape index (κ1) is 27.9. The summed E-state index contributed by atoms with van der Waals surface area (Å²) in [7, 11) is 0. The summed E-state index contributed by atoms with van der Waals surface area (Å²) in [4.78, 5) is 4.86. The Morgan fingerprint density at radius 2 is 0.558 bits per heavy atom. The van der Waals surface area contributed by atoms with E-state index in [1.165, 1.54) is 33.6 Å². The van der Waals surface area contributed by atoms with Crippen molar-refractivity contribution in [2.75, 3.05) is 15.1 Å². The molecule has 1 N–H and O–H groups in total. The molecule has 0 saturated heterocycles. The van der Waals surface area contributed by atoms with E-state index in [1.54, 1.807) is 0 Å². The standard InChI is InChI=1S/C40H37N3/c1-5-13-33(14-6-1)29-42(30-34-15-7-2-8-16-34)39-25-21-37(22-26-39)41-38-23-27-40(28-24-38)43(31-35-17-9-3-10-18-35)32-36-19-11-4-12-20-36/h1-28,41H,29-32H2. The van der Waals surface area contributed by atoms with Crippen molar-refractivity contribution in [2.45, 2.75) is 26.2 Å². The molecule has 0 aliphatic rings. The van der Waals surface area contributed by atoms with Crippen LogP contribution in [0.2, 0.25) is 0 Å². The number of rotatable bonds is 12. The SMILES string of the molecule is c1ccc(CN(Cc2ccccc2)c2ccc(Nc3ccc(N(Cc4ccccc4)Cc4ccccc4)cc3)cc2)cc1. The number of hydrogen-bond donors (Lipinski definition) is 1. The Morgan fingerprint density at radius 3 is 0.814 bits per heavy atom. The van der Waals surface area contributed by atoms with Crippen LogP contribution in [0.4, 0.5) is 22.7 Å². The fraction of sp³-hybridized carbons (Fsp3) is 0.100. The first-order chi connectivity index (χ1) is 21.3. The van der Waals surface area contributed by atoms with Crippen LogP contribution in [0.1, 0.15) is 22.3 Å². The van der Waals surface area contributed by atoms with Gasteiger partial charge in [-0.2, -0.15) is 0 Å². The highest BCUT2D eigenvalue weighted by Crippen LogP contribution is 2.27. The Kier molecular flexibility index (Phi) is 9.11. The average molecular weight is 560 g/mol. The third-order valence-corrected chi connectivity index (χ3v) is 7.62. The van der Waals surface area contributed by atoms with Crippen molar-refractivity contribution in [2.24, 2.45) is 0 Å². The van der Waals surface area contributed by atoms with Crippen molar-refractivity contribution < 1.29 is 0 Å². The van der Waals surface area contributed by atoms with E-state index in [9.17, 15) is 0 Å². The minimum atomic E-state index is 0.854. The molecule has 0 bridgehead atoms. The van der Waals surface area contributed by atoms with Crippen LogP contribution in [0.3, 0.4) is 0 Å². The molecule has 0 atom stereocenters. The van der Waals surface area contributed by atoms with Gasteiger partial charge in [0.25, 0.3) is 0 Å². The summed E-state index contributed by atoms with van der Waals surface area (Å²) in [6.45, 7) is 3.41. The average Bonchev–Trinajstić information content (AvgIpc) is 3.07. The van der Waals surface area contributed by atoms with Gasteiger partial charge in [0.1, 0.15) is 0 Å². The molecule has 0 saturated carbocycles. The maximum Gasteiger partial charge on any atom is 0.0433 e. The minimum absolute atomic E-state index is 0.854. The van der Waals surface area contributed by atoms with Crippen molar-refractivity contribution in [3.63, 3.8) is 0 Å². The van der Waals surface area contributed by atoms with E-state index >= 15 is 0 Å². The lowest BCUT2D eigenvalue weighted by Gasteiger charge is -2.26. The second kappa shape index (κ2) is 14.1. The van der Waals surface area contributed by atoms with Crippen LogP contribution in [0.15, 0.2) is 170 Å². The van der Waals surface area contributed by atoms with Crippen molar-refractivity contribution in [1.29, 1.82) is 0 Å². The second-order valence-electron chi connectivity index (χ2n) is 10.9. The fourth-order valence-electron chi connectivity index (χ4n) is 5.37. The molecule has 0 unspecified atom stereocenters. The number of nitrogens with zero attached hydrogens (tertiary/aromatic N) is 2. The van der Waals surface area contributed by atoms with Crippen LogP contribution < -0.4 is 15.1 Å². The van der Waals surface area contributed by atoms with Crippen molar-refractivity contribution in [3.8, 4) is 0 Å². The Bertz CT molecular complexity index is 1440. The van der Waals surface area contributed by atoms with Gasteiger partial charge >= 0.3 is 0 Å². The number of benzene rings is 6. The summed E-state index contributed by atoms with van der Waals surface area (Å²) in [6, 6.07) is 60.2. The molecule has 6 aromatic rings. The molecule has 0 aromatic heterocycles. The number of nitrogens with one attached hydrogen (secondary N) is 1. The summed E-state index contributed by atoms with van der Waals surface area (Å²) >= 11 is 0. The highest BCUT2D eigenvalue weighted by atomic mass is 15.1. The topological polar surface area (TPSA) is 18.5 Å². The lowest BCUT2D eigenvalue weighted by atomic mass is 10.1. The van der Waals surface area contributed by atoms with E-state index in [0.29, 0.717) is 0 Å². The normalized spacial score (nSPS) is 10.7. The van der Waals surface area contributed by atoms with Crippen molar-refractivity contribution in [3.05, 3.63) is 192 Å². The zero-order chi connectivity index (χ0) is 29.1. The molecule has 6 aromatic carbocycles. The molecule has 0 heterocycles. The van der Waals surface area contributed by atoms with Crippen LogP contribution in [0.25, 0.3) is 0 Å². The fourth-order valence-corrected chi connectivity index (χ4v) is 5.37. The van der Waals surface area contributed by atoms with Gasteiger partial charge in [0.2, 0.25) is 0 Å². The van der Waals surface area contributed by atoms with Gasteiger partial charge in [-0.15, -0.1) is 0 Å². The van der Waals surface area contributed by atoms with Crippen LogP contribution in [0, 0.1) is 0 Å². The van der Waals surface area contributed by atoms with E-state index in [2.05, 4.69) is 185 Å². The monoisotopic (exact) mass is 559 g/mol. The lowest BCUT2D eigenvalue weighted by molar-refractivity contribution is 0.800. The molecule has 6 rings (SSSR count). The van der Waals surface area contributed by atoms with Crippen LogP contribution in [-0.2, 0) is 26.2 Å². The van der Waals surface area contributed by atoms with Gasteiger partial charge in [-0.25, -0.2) is 0 Å².